The Morgan fingerprint density at radius 2 is 0.619 bits per heavy atom. The van der Waals surface area contributed by atoms with E-state index in [9.17, 15) is 14.4 Å². The normalized spacial score (nSPS) is 12.7. The Balaban J connectivity index is 4.45. The molecule has 6 nitrogen and oxygen atoms in total. The second kappa shape index (κ2) is 51.2. The average Bonchev–Trinajstić information content (AvgIpc) is 3.28. The lowest BCUT2D eigenvalue weighted by Crippen LogP contribution is -2.30. The van der Waals surface area contributed by atoms with Crippen molar-refractivity contribution in [3.05, 3.63) is 85.1 Å². The molecule has 0 N–H and O–H groups in total. The summed E-state index contributed by atoms with van der Waals surface area (Å²) in [6.07, 6.45) is 65.5. The number of hydrogen-bond acceptors (Lipinski definition) is 6. The van der Waals surface area contributed by atoms with Gasteiger partial charge in [-0.25, -0.2) is 0 Å². The van der Waals surface area contributed by atoms with Gasteiger partial charge in [0.05, 0.1) is 0 Å². The van der Waals surface area contributed by atoms with E-state index in [2.05, 4.69) is 81.5 Å². The van der Waals surface area contributed by atoms with Gasteiger partial charge in [0.1, 0.15) is 13.2 Å². The Bertz CT molecular complexity index is 1240. The number of hydrogen-bond donors (Lipinski definition) is 0. The predicted molar refractivity (Wildman–Crippen MR) is 270 cm³/mol. The third-order valence-electron chi connectivity index (χ3n) is 11.0. The van der Waals surface area contributed by atoms with E-state index < -0.39 is 6.10 Å². The van der Waals surface area contributed by atoms with Crippen LogP contribution < -0.4 is 0 Å². The molecular formula is C57H96O6. The van der Waals surface area contributed by atoms with Crippen molar-refractivity contribution in [2.45, 2.75) is 245 Å². The maximum Gasteiger partial charge on any atom is 0.306 e. The quantitative estimate of drug-likeness (QED) is 0.0199. The molecule has 0 aromatic carbocycles. The van der Waals surface area contributed by atoms with E-state index in [0.29, 0.717) is 19.3 Å². The van der Waals surface area contributed by atoms with Crippen LogP contribution in [0.4, 0.5) is 0 Å². The molecule has 0 saturated carbocycles. The van der Waals surface area contributed by atoms with E-state index in [1.807, 2.05) is 24.3 Å². The van der Waals surface area contributed by atoms with Crippen LogP contribution in [0.25, 0.3) is 0 Å². The van der Waals surface area contributed by atoms with Crippen LogP contribution >= 0.6 is 0 Å². The molecule has 63 heavy (non-hydrogen) atoms. The van der Waals surface area contributed by atoms with Crippen molar-refractivity contribution in [3.63, 3.8) is 0 Å². The first-order chi connectivity index (χ1) is 31.0. The molecule has 0 heterocycles. The average molecular weight is 877 g/mol. The summed E-state index contributed by atoms with van der Waals surface area (Å²) < 4.78 is 16.8. The van der Waals surface area contributed by atoms with Crippen LogP contribution in [-0.4, -0.2) is 37.2 Å². The lowest BCUT2D eigenvalue weighted by atomic mass is 10.1. The standard InChI is InChI=1S/C57H96O6/c1-4-7-10-13-16-19-22-25-27-28-29-31-32-35-38-41-44-47-50-56(59)62-53-54(52-61-55(58)49-46-43-40-37-34-24-21-18-15-12-9-6-3)63-57(60)51-48-45-42-39-36-33-30-26-23-20-17-14-11-8-5-2/h10,13,16,18-23,25,27-29,31,54H,4-9,11-12,14-15,17,24,26,30,32-53H2,1-3H3/b13-10-,19-16-,21-18-,23-20-,25-22-,28-27-,31-29-. The van der Waals surface area contributed by atoms with Crippen molar-refractivity contribution in [2.24, 2.45) is 0 Å². The highest BCUT2D eigenvalue weighted by atomic mass is 16.6. The van der Waals surface area contributed by atoms with Crippen molar-refractivity contribution in [1.29, 1.82) is 0 Å². The predicted octanol–water partition coefficient (Wildman–Crippen LogP) is 17.2. The highest BCUT2D eigenvalue weighted by Crippen LogP contribution is 2.14. The molecule has 0 aliphatic carbocycles. The number of esters is 3. The number of carbonyl (C=O) groups excluding carboxylic acids is 3. The molecule has 0 aromatic heterocycles. The molecule has 0 saturated heterocycles. The van der Waals surface area contributed by atoms with Crippen LogP contribution in [0.15, 0.2) is 85.1 Å². The van der Waals surface area contributed by atoms with Gasteiger partial charge >= 0.3 is 17.9 Å². The monoisotopic (exact) mass is 877 g/mol. The van der Waals surface area contributed by atoms with Gasteiger partial charge in [0.25, 0.3) is 0 Å². The number of carbonyl (C=O) groups is 3. The molecule has 360 valence electrons. The summed E-state index contributed by atoms with van der Waals surface area (Å²) in [7, 11) is 0. The van der Waals surface area contributed by atoms with Crippen molar-refractivity contribution in [3.8, 4) is 0 Å². The van der Waals surface area contributed by atoms with Crippen LogP contribution in [0.1, 0.15) is 239 Å². The van der Waals surface area contributed by atoms with E-state index in [1.54, 1.807) is 0 Å². The van der Waals surface area contributed by atoms with E-state index in [4.69, 9.17) is 14.2 Å². The molecule has 6 heteroatoms. The lowest BCUT2D eigenvalue weighted by Gasteiger charge is -2.18. The molecule has 0 radical (unpaired) electrons. The van der Waals surface area contributed by atoms with Gasteiger partial charge in [-0.3, -0.25) is 14.4 Å². The van der Waals surface area contributed by atoms with Crippen LogP contribution in [0.3, 0.4) is 0 Å². The summed E-state index contributed by atoms with van der Waals surface area (Å²) in [5, 5.41) is 0. The lowest BCUT2D eigenvalue weighted by molar-refractivity contribution is -0.167. The fourth-order valence-electron chi connectivity index (χ4n) is 6.99. The highest BCUT2D eigenvalue weighted by molar-refractivity contribution is 5.71. The summed E-state index contributed by atoms with van der Waals surface area (Å²) in [5.41, 5.74) is 0. The van der Waals surface area contributed by atoms with Crippen molar-refractivity contribution in [1.82, 2.24) is 0 Å². The first-order valence-electron chi connectivity index (χ1n) is 26.2. The second-order valence-corrected chi connectivity index (χ2v) is 17.2. The van der Waals surface area contributed by atoms with Crippen LogP contribution in [0, 0.1) is 0 Å². The van der Waals surface area contributed by atoms with E-state index in [0.717, 1.165) is 89.9 Å². The number of ether oxygens (including phenoxy) is 3. The fourth-order valence-corrected chi connectivity index (χ4v) is 6.99. The van der Waals surface area contributed by atoms with Crippen LogP contribution in [0.5, 0.6) is 0 Å². The number of unbranched alkanes of at least 4 members (excludes halogenated alkanes) is 25. The van der Waals surface area contributed by atoms with Gasteiger partial charge in [-0.2, -0.15) is 0 Å². The Morgan fingerprint density at radius 1 is 0.317 bits per heavy atom. The van der Waals surface area contributed by atoms with E-state index >= 15 is 0 Å². The molecular weight excluding hydrogens is 781 g/mol. The first-order valence-corrected chi connectivity index (χ1v) is 26.2. The van der Waals surface area contributed by atoms with Gasteiger partial charge in [-0.15, -0.1) is 0 Å². The molecule has 0 fully saturated rings. The Hall–Kier alpha value is -3.41. The highest BCUT2D eigenvalue weighted by Gasteiger charge is 2.19. The zero-order chi connectivity index (χ0) is 45.8. The molecule has 0 aromatic rings. The number of rotatable bonds is 46. The SMILES string of the molecule is CCC\C=C/C=C\C=C/C=C\C=C/CCCCCCCC(=O)OCC(COC(=O)CCCCCCC/C=C\CCCCC)OC(=O)CCCCCCCCC/C=C\CCCCCC. The smallest absolute Gasteiger partial charge is 0.306 e. The molecule has 0 spiro atoms. The van der Waals surface area contributed by atoms with Gasteiger partial charge < -0.3 is 14.2 Å². The van der Waals surface area contributed by atoms with Gasteiger partial charge in [0.15, 0.2) is 6.10 Å². The minimum atomic E-state index is -0.792. The Kier molecular flexibility index (Phi) is 48.5. The fraction of sp³-hybridized carbons (Fsp3) is 0.702. The summed E-state index contributed by atoms with van der Waals surface area (Å²) in [5.74, 6) is -0.930. The van der Waals surface area contributed by atoms with Gasteiger partial charge in [-0.05, 0) is 89.9 Å². The topological polar surface area (TPSA) is 78.9 Å². The molecule has 0 aliphatic rings. The zero-order valence-electron chi connectivity index (χ0n) is 41.1. The Morgan fingerprint density at radius 3 is 1.03 bits per heavy atom. The summed E-state index contributed by atoms with van der Waals surface area (Å²) in [6, 6.07) is 0. The van der Waals surface area contributed by atoms with E-state index in [1.165, 1.54) is 109 Å². The molecule has 1 atom stereocenters. The largest absolute Gasteiger partial charge is 0.462 e. The molecule has 0 rings (SSSR count). The van der Waals surface area contributed by atoms with Crippen molar-refractivity contribution in [2.75, 3.05) is 13.2 Å². The third kappa shape index (κ3) is 49.5. The molecule has 0 aliphatic heterocycles. The minimum absolute atomic E-state index is 0.0915. The zero-order valence-corrected chi connectivity index (χ0v) is 41.1. The molecule has 0 amide bonds. The maximum absolute atomic E-state index is 12.8. The molecule has 0 bridgehead atoms. The van der Waals surface area contributed by atoms with Gasteiger partial charge in [0, 0.05) is 19.3 Å². The van der Waals surface area contributed by atoms with Crippen LogP contribution in [-0.2, 0) is 28.6 Å². The Labute approximate surface area is 388 Å². The first kappa shape index (κ1) is 59.6. The second-order valence-electron chi connectivity index (χ2n) is 17.2. The van der Waals surface area contributed by atoms with Crippen LogP contribution in [0.2, 0.25) is 0 Å². The van der Waals surface area contributed by atoms with Crippen molar-refractivity contribution < 1.29 is 28.6 Å². The summed E-state index contributed by atoms with van der Waals surface area (Å²) >= 11 is 0. The van der Waals surface area contributed by atoms with Gasteiger partial charge in [-0.1, -0.05) is 215 Å². The third-order valence-corrected chi connectivity index (χ3v) is 11.0. The summed E-state index contributed by atoms with van der Waals surface area (Å²) in [4.78, 5) is 38.0. The molecule has 1 unspecified atom stereocenters. The number of allylic oxidation sites excluding steroid dienone is 14. The minimum Gasteiger partial charge on any atom is -0.462 e. The van der Waals surface area contributed by atoms with Gasteiger partial charge in [0.2, 0.25) is 0 Å². The van der Waals surface area contributed by atoms with E-state index in [-0.39, 0.29) is 31.1 Å². The summed E-state index contributed by atoms with van der Waals surface area (Å²) in [6.45, 7) is 6.48. The maximum atomic E-state index is 12.8. The van der Waals surface area contributed by atoms with Crippen molar-refractivity contribution >= 4 is 17.9 Å².